The van der Waals surface area contributed by atoms with Gasteiger partial charge in [0.2, 0.25) is 0 Å². The van der Waals surface area contributed by atoms with Crippen LogP contribution in [0.25, 0.3) is 0 Å². The topological polar surface area (TPSA) is 92.8 Å². The van der Waals surface area contributed by atoms with Gasteiger partial charge in [-0.1, -0.05) is 28.4 Å². The number of benzene rings is 1. The zero-order valence-electron chi connectivity index (χ0n) is 7.89. The third-order valence-corrected chi connectivity index (χ3v) is 4.06. The van der Waals surface area contributed by atoms with Crippen LogP contribution >= 0.6 is 23.2 Å². The van der Waals surface area contributed by atoms with Gasteiger partial charge in [-0.15, -0.1) is 0 Å². The van der Waals surface area contributed by atoms with Crippen LogP contribution < -0.4 is 5.73 Å². The van der Waals surface area contributed by atoms with Gasteiger partial charge in [0.15, 0.2) is 15.7 Å². The minimum absolute atomic E-state index is 0.0372. The number of nitrogens with two attached hydrogens (primary N) is 1. The second kappa shape index (κ2) is 4.90. The lowest BCUT2D eigenvalue weighted by atomic mass is 10.4. The molecular formula is C8H8Cl2N2O3S. The molecule has 8 heteroatoms. The summed E-state index contributed by atoms with van der Waals surface area (Å²) in [5.41, 5.74) is 5.13. The maximum Gasteiger partial charge on any atom is 0.187 e. The number of oxime groups is 1. The predicted molar refractivity (Wildman–Crippen MR) is 61.9 cm³/mol. The number of hydrogen-bond acceptors (Lipinski definition) is 4. The Morgan fingerprint density at radius 1 is 1.44 bits per heavy atom. The minimum Gasteiger partial charge on any atom is -0.409 e. The molecule has 0 aromatic heterocycles. The van der Waals surface area contributed by atoms with E-state index in [9.17, 15) is 8.42 Å². The summed E-state index contributed by atoms with van der Waals surface area (Å²) in [6.45, 7) is 0. The molecule has 0 aliphatic rings. The molecule has 0 aliphatic heterocycles. The molecule has 0 amide bonds. The molecule has 1 aromatic rings. The number of halogens is 2. The highest BCUT2D eigenvalue weighted by molar-refractivity contribution is 7.92. The fourth-order valence-corrected chi connectivity index (χ4v) is 3.00. The zero-order chi connectivity index (χ0) is 12.3. The van der Waals surface area contributed by atoms with Crippen molar-refractivity contribution in [1.29, 1.82) is 0 Å². The van der Waals surface area contributed by atoms with Crippen molar-refractivity contribution in [3.8, 4) is 0 Å². The second-order valence-electron chi connectivity index (χ2n) is 2.93. The summed E-state index contributed by atoms with van der Waals surface area (Å²) >= 11 is 11.4. The van der Waals surface area contributed by atoms with E-state index in [1.807, 2.05) is 0 Å². The maximum absolute atomic E-state index is 11.8. The summed E-state index contributed by atoms with van der Waals surface area (Å²) in [4.78, 5) is -0.145. The van der Waals surface area contributed by atoms with Gasteiger partial charge in [0.05, 0.1) is 9.92 Å². The van der Waals surface area contributed by atoms with Gasteiger partial charge in [-0.3, -0.25) is 0 Å². The molecule has 0 saturated carbocycles. The number of amidine groups is 1. The molecule has 0 unspecified atom stereocenters. The van der Waals surface area contributed by atoms with Gasteiger partial charge in [-0.05, 0) is 18.2 Å². The Hall–Kier alpha value is -0.980. The van der Waals surface area contributed by atoms with Gasteiger partial charge < -0.3 is 10.9 Å². The molecule has 0 fully saturated rings. The molecule has 88 valence electrons. The fraction of sp³-hybridized carbons (Fsp3) is 0.125. The first kappa shape index (κ1) is 13.1. The molecule has 3 N–H and O–H groups in total. The Labute approximate surface area is 102 Å². The van der Waals surface area contributed by atoms with Gasteiger partial charge in [0.1, 0.15) is 5.75 Å². The molecule has 0 radical (unpaired) electrons. The Kier molecular flexibility index (Phi) is 4.01. The highest BCUT2D eigenvalue weighted by Crippen LogP contribution is 2.25. The molecule has 1 aromatic carbocycles. The Balaban J connectivity index is 3.22. The molecule has 5 nitrogen and oxygen atoms in total. The highest BCUT2D eigenvalue weighted by Gasteiger charge is 2.20. The van der Waals surface area contributed by atoms with E-state index < -0.39 is 21.4 Å². The quantitative estimate of drug-likeness (QED) is 0.380. The van der Waals surface area contributed by atoms with E-state index in [0.29, 0.717) is 0 Å². The number of hydrogen-bond donors (Lipinski definition) is 2. The van der Waals surface area contributed by atoms with Crippen LogP contribution in [-0.2, 0) is 9.84 Å². The van der Waals surface area contributed by atoms with E-state index in [0.717, 1.165) is 0 Å². The van der Waals surface area contributed by atoms with Crippen molar-refractivity contribution in [1.82, 2.24) is 0 Å². The smallest absolute Gasteiger partial charge is 0.187 e. The van der Waals surface area contributed by atoms with E-state index in [4.69, 9.17) is 34.1 Å². The lowest BCUT2D eigenvalue weighted by Gasteiger charge is -2.05. The third-order valence-electron chi connectivity index (χ3n) is 1.69. The molecule has 0 atom stereocenters. The van der Waals surface area contributed by atoms with E-state index in [1.54, 1.807) is 0 Å². The van der Waals surface area contributed by atoms with Crippen molar-refractivity contribution < 1.29 is 13.6 Å². The van der Waals surface area contributed by atoms with Crippen molar-refractivity contribution in [3.63, 3.8) is 0 Å². The van der Waals surface area contributed by atoms with Gasteiger partial charge in [-0.2, -0.15) is 0 Å². The van der Waals surface area contributed by atoms with E-state index in [1.165, 1.54) is 18.2 Å². The molecule has 0 saturated heterocycles. The van der Waals surface area contributed by atoms with Crippen LogP contribution in [0.4, 0.5) is 0 Å². The summed E-state index contributed by atoms with van der Waals surface area (Å²) in [5, 5.41) is 11.2. The van der Waals surface area contributed by atoms with Gasteiger partial charge >= 0.3 is 0 Å². The van der Waals surface area contributed by atoms with E-state index in [-0.39, 0.29) is 14.9 Å². The SMILES string of the molecule is NC(CS(=O)(=O)c1cc(Cl)ccc1Cl)=NO. The third kappa shape index (κ3) is 3.01. The van der Waals surface area contributed by atoms with Crippen molar-refractivity contribution >= 4 is 38.9 Å². The number of sulfone groups is 1. The standard InChI is InChI=1S/C8H8Cl2N2O3S/c9-5-1-2-6(10)7(3-5)16(14,15)4-8(11)12-13/h1-3,13H,4H2,(H2,11,12). The highest BCUT2D eigenvalue weighted by atomic mass is 35.5. The number of rotatable bonds is 3. The van der Waals surface area contributed by atoms with Crippen LogP contribution in [-0.4, -0.2) is 25.2 Å². The summed E-state index contributed by atoms with van der Waals surface area (Å²) in [6.07, 6.45) is 0. The zero-order valence-corrected chi connectivity index (χ0v) is 10.2. The van der Waals surface area contributed by atoms with Crippen molar-refractivity contribution in [3.05, 3.63) is 28.2 Å². The average Bonchev–Trinajstić information content (AvgIpc) is 2.20. The number of nitrogens with zero attached hydrogens (tertiary/aromatic N) is 1. The van der Waals surface area contributed by atoms with E-state index >= 15 is 0 Å². The predicted octanol–water partition coefficient (Wildman–Crippen LogP) is 1.51. The monoisotopic (exact) mass is 282 g/mol. The molecule has 0 heterocycles. The molecule has 0 aliphatic carbocycles. The van der Waals surface area contributed by atoms with Crippen LogP contribution in [0.1, 0.15) is 0 Å². The summed E-state index contributed by atoms with van der Waals surface area (Å²) in [6, 6.07) is 4.04. The maximum atomic E-state index is 11.8. The summed E-state index contributed by atoms with van der Waals surface area (Å²) in [7, 11) is -3.76. The summed E-state index contributed by atoms with van der Waals surface area (Å²) < 4.78 is 23.5. The molecule has 0 bridgehead atoms. The van der Waals surface area contributed by atoms with Crippen molar-refractivity contribution in [2.75, 3.05) is 5.75 Å². The van der Waals surface area contributed by atoms with Crippen LogP contribution in [0.5, 0.6) is 0 Å². The first-order valence-electron chi connectivity index (χ1n) is 4.01. The van der Waals surface area contributed by atoms with Gasteiger partial charge in [0, 0.05) is 5.02 Å². The van der Waals surface area contributed by atoms with Gasteiger partial charge in [-0.25, -0.2) is 8.42 Å². The lowest BCUT2D eigenvalue weighted by molar-refractivity contribution is 0.318. The van der Waals surface area contributed by atoms with Crippen LogP contribution in [0, 0.1) is 0 Å². The Bertz CT molecular complexity index is 528. The van der Waals surface area contributed by atoms with Crippen molar-refractivity contribution in [2.45, 2.75) is 4.90 Å². The Morgan fingerprint density at radius 3 is 2.62 bits per heavy atom. The largest absolute Gasteiger partial charge is 0.409 e. The average molecular weight is 283 g/mol. The first-order valence-corrected chi connectivity index (χ1v) is 6.42. The molecule has 1 rings (SSSR count). The molecule has 0 spiro atoms. The normalized spacial score (nSPS) is 12.8. The lowest BCUT2D eigenvalue weighted by Crippen LogP contribution is -2.24. The van der Waals surface area contributed by atoms with Crippen LogP contribution in [0.2, 0.25) is 10.0 Å². The minimum atomic E-state index is -3.76. The molecule has 16 heavy (non-hydrogen) atoms. The molecular weight excluding hydrogens is 275 g/mol. The second-order valence-corrected chi connectivity index (χ2v) is 5.73. The van der Waals surface area contributed by atoms with Gasteiger partial charge in [0.25, 0.3) is 0 Å². The van der Waals surface area contributed by atoms with Crippen molar-refractivity contribution in [2.24, 2.45) is 10.9 Å². The first-order chi connectivity index (χ1) is 7.36. The van der Waals surface area contributed by atoms with Crippen LogP contribution in [0.3, 0.4) is 0 Å². The fourth-order valence-electron chi connectivity index (χ4n) is 1.02. The van der Waals surface area contributed by atoms with Crippen LogP contribution in [0.15, 0.2) is 28.3 Å². The Morgan fingerprint density at radius 2 is 2.06 bits per heavy atom. The van der Waals surface area contributed by atoms with E-state index in [2.05, 4.69) is 5.16 Å². The summed E-state index contributed by atoms with van der Waals surface area (Å²) in [5.74, 6) is -1.04.